The summed E-state index contributed by atoms with van der Waals surface area (Å²) in [4.78, 5) is 0. The molecule has 0 aliphatic carbocycles. The molecule has 1 heterocycles. The van der Waals surface area contributed by atoms with Gasteiger partial charge in [0.25, 0.3) is 0 Å². The van der Waals surface area contributed by atoms with Crippen molar-refractivity contribution < 1.29 is 4.74 Å². The van der Waals surface area contributed by atoms with Gasteiger partial charge in [-0.25, -0.2) is 0 Å². The molecule has 3 heteroatoms. The lowest BCUT2D eigenvalue weighted by atomic mass is 9.79. The zero-order valence-corrected chi connectivity index (χ0v) is 10.7. The number of rotatable bonds is 4. The summed E-state index contributed by atoms with van der Waals surface area (Å²) in [6.07, 6.45) is 8.28. The molecule has 1 rings (SSSR count). The molecule has 3 atom stereocenters. The van der Waals surface area contributed by atoms with Gasteiger partial charge in [0, 0.05) is 18.7 Å². The Morgan fingerprint density at radius 1 is 1.62 bits per heavy atom. The molecule has 0 aromatic carbocycles. The Bertz CT molecular complexity index is 274. The summed E-state index contributed by atoms with van der Waals surface area (Å²) in [6.45, 7) is 7.66. The Morgan fingerprint density at radius 2 is 2.31 bits per heavy atom. The molecular weight excluding hydrogens is 200 g/mol. The average Bonchev–Trinajstić information content (AvgIpc) is 2.29. The van der Waals surface area contributed by atoms with E-state index in [9.17, 15) is 0 Å². The minimum absolute atomic E-state index is 0.0581. The third-order valence-electron chi connectivity index (χ3n) is 3.65. The highest BCUT2D eigenvalue weighted by Gasteiger charge is 2.41. The largest absolute Gasteiger partial charge is 0.375 e. The average molecular weight is 224 g/mol. The minimum Gasteiger partial charge on any atom is -0.375 e. The monoisotopic (exact) mass is 224 g/mol. The topological polar surface area (TPSA) is 47.3 Å². The van der Waals surface area contributed by atoms with E-state index in [1.807, 2.05) is 6.92 Å². The van der Waals surface area contributed by atoms with Crippen LogP contribution in [0.5, 0.6) is 0 Å². The lowest BCUT2D eigenvalue weighted by Gasteiger charge is -2.47. The summed E-state index contributed by atoms with van der Waals surface area (Å²) in [5.41, 5.74) is 5.80. The fourth-order valence-corrected chi connectivity index (χ4v) is 2.43. The Morgan fingerprint density at radius 3 is 2.81 bits per heavy atom. The second-order valence-electron chi connectivity index (χ2n) is 5.10. The smallest absolute Gasteiger partial charge is 0.0670 e. The Kier molecular flexibility index (Phi) is 4.37. The van der Waals surface area contributed by atoms with Gasteiger partial charge in [-0.15, -0.1) is 6.42 Å². The molecule has 0 radical (unpaired) electrons. The lowest BCUT2D eigenvalue weighted by Crippen LogP contribution is -2.61. The summed E-state index contributed by atoms with van der Waals surface area (Å²) in [6, 6.07) is 0.0581. The van der Waals surface area contributed by atoms with Crippen molar-refractivity contribution in [1.29, 1.82) is 0 Å². The zero-order chi connectivity index (χ0) is 12.2. The Hall–Kier alpha value is -0.560. The van der Waals surface area contributed by atoms with Crippen molar-refractivity contribution in [2.24, 2.45) is 5.73 Å². The molecule has 1 aliphatic rings. The van der Waals surface area contributed by atoms with E-state index in [1.165, 1.54) is 0 Å². The number of nitrogens with one attached hydrogen (secondary N) is 1. The third kappa shape index (κ3) is 2.98. The Balaban J connectivity index is 2.76. The molecule has 0 aromatic heterocycles. The quantitative estimate of drug-likeness (QED) is 0.707. The van der Waals surface area contributed by atoms with E-state index in [0.717, 1.165) is 25.9 Å². The third-order valence-corrected chi connectivity index (χ3v) is 3.65. The van der Waals surface area contributed by atoms with Crippen LogP contribution in [0.4, 0.5) is 0 Å². The molecule has 0 bridgehead atoms. The van der Waals surface area contributed by atoms with Crippen molar-refractivity contribution in [3.05, 3.63) is 0 Å². The Labute approximate surface area is 99.1 Å². The molecule has 1 saturated heterocycles. The summed E-state index contributed by atoms with van der Waals surface area (Å²) in [5.74, 6) is 2.71. The van der Waals surface area contributed by atoms with Gasteiger partial charge in [0.05, 0.1) is 11.6 Å². The van der Waals surface area contributed by atoms with Crippen molar-refractivity contribution in [2.75, 3.05) is 13.2 Å². The van der Waals surface area contributed by atoms with Gasteiger partial charge in [-0.05, 0) is 33.1 Å². The van der Waals surface area contributed by atoms with Crippen LogP contribution in [0.25, 0.3) is 0 Å². The van der Waals surface area contributed by atoms with E-state index in [2.05, 4.69) is 25.1 Å². The molecule has 0 saturated carbocycles. The van der Waals surface area contributed by atoms with Crippen molar-refractivity contribution in [3.8, 4) is 12.3 Å². The van der Waals surface area contributed by atoms with Gasteiger partial charge >= 0.3 is 0 Å². The van der Waals surface area contributed by atoms with Crippen molar-refractivity contribution >= 4 is 0 Å². The summed E-state index contributed by atoms with van der Waals surface area (Å²) >= 11 is 0. The van der Waals surface area contributed by atoms with Crippen LogP contribution in [0.3, 0.4) is 0 Å². The molecule has 16 heavy (non-hydrogen) atoms. The minimum atomic E-state index is -0.0705. The normalized spacial score (nSPS) is 36.7. The molecule has 3 unspecified atom stereocenters. The first-order valence-corrected chi connectivity index (χ1v) is 6.07. The predicted octanol–water partition coefficient (Wildman–Crippen LogP) is 1.27. The maximum atomic E-state index is 5.93. The molecule has 0 aromatic rings. The van der Waals surface area contributed by atoms with Gasteiger partial charge in [-0.2, -0.15) is 0 Å². The van der Waals surface area contributed by atoms with Crippen molar-refractivity contribution in [3.63, 3.8) is 0 Å². The van der Waals surface area contributed by atoms with Crippen LogP contribution in [0.1, 0.15) is 40.0 Å². The number of hydrogen-bond acceptors (Lipinski definition) is 3. The van der Waals surface area contributed by atoms with E-state index in [4.69, 9.17) is 16.9 Å². The van der Waals surface area contributed by atoms with E-state index < -0.39 is 0 Å². The van der Waals surface area contributed by atoms with Gasteiger partial charge in [0.2, 0.25) is 0 Å². The van der Waals surface area contributed by atoms with E-state index >= 15 is 0 Å². The predicted molar refractivity (Wildman–Crippen MR) is 67.1 cm³/mol. The highest BCUT2D eigenvalue weighted by molar-refractivity contribution is 5.05. The molecule has 92 valence electrons. The van der Waals surface area contributed by atoms with Crippen molar-refractivity contribution in [2.45, 2.75) is 57.2 Å². The lowest BCUT2D eigenvalue weighted by molar-refractivity contribution is -0.100. The molecular formula is C13H24N2O. The van der Waals surface area contributed by atoms with Gasteiger partial charge in [0.15, 0.2) is 0 Å². The number of nitrogens with two attached hydrogens (primary N) is 1. The first kappa shape index (κ1) is 13.5. The fraction of sp³-hybridized carbons (Fsp3) is 0.846. The van der Waals surface area contributed by atoms with E-state index in [0.29, 0.717) is 6.54 Å². The molecule has 0 amide bonds. The standard InChI is InChI=1S/C13H24N2O/c1-5-11(3)15-13(10-14)7-8-16-12(4,6-2)9-13/h1,11,15H,6-10,14H2,2-4H3. The van der Waals surface area contributed by atoms with Crippen LogP contribution in [-0.4, -0.2) is 30.3 Å². The van der Waals surface area contributed by atoms with Gasteiger partial charge < -0.3 is 10.5 Å². The van der Waals surface area contributed by atoms with Crippen LogP contribution >= 0.6 is 0 Å². The first-order valence-electron chi connectivity index (χ1n) is 6.07. The first-order chi connectivity index (χ1) is 7.49. The second kappa shape index (κ2) is 5.18. The maximum absolute atomic E-state index is 5.93. The number of terminal acetylenes is 1. The van der Waals surface area contributed by atoms with Crippen LogP contribution < -0.4 is 11.1 Å². The number of ether oxygens (including phenoxy) is 1. The fourth-order valence-electron chi connectivity index (χ4n) is 2.43. The summed E-state index contributed by atoms with van der Waals surface area (Å²) < 4.78 is 5.84. The van der Waals surface area contributed by atoms with Gasteiger partial charge in [-0.1, -0.05) is 12.8 Å². The van der Waals surface area contributed by atoms with Crippen LogP contribution in [-0.2, 0) is 4.74 Å². The second-order valence-corrected chi connectivity index (χ2v) is 5.10. The summed E-state index contributed by atoms with van der Waals surface area (Å²) in [7, 11) is 0. The molecule has 1 fully saturated rings. The van der Waals surface area contributed by atoms with Crippen molar-refractivity contribution in [1.82, 2.24) is 5.32 Å². The summed E-state index contributed by atoms with van der Waals surface area (Å²) in [5, 5.41) is 3.48. The SMILES string of the molecule is C#CC(C)NC1(CN)CCOC(C)(CC)C1. The van der Waals surface area contributed by atoms with E-state index in [1.54, 1.807) is 0 Å². The molecule has 0 spiro atoms. The zero-order valence-electron chi connectivity index (χ0n) is 10.7. The highest BCUT2D eigenvalue weighted by atomic mass is 16.5. The number of hydrogen-bond donors (Lipinski definition) is 2. The van der Waals surface area contributed by atoms with Crippen LogP contribution in [0.15, 0.2) is 0 Å². The molecule has 3 N–H and O–H groups in total. The van der Waals surface area contributed by atoms with Gasteiger partial charge in [-0.3, -0.25) is 5.32 Å². The maximum Gasteiger partial charge on any atom is 0.0670 e. The van der Waals surface area contributed by atoms with Gasteiger partial charge in [0.1, 0.15) is 0 Å². The van der Waals surface area contributed by atoms with Crippen LogP contribution in [0.2, 0.25) is 0 Å². The van der Waals surface area contributed by atoms with Crippen LogP contribution in [0, 0.1) is 12.3 Å². The van der Waals surface area contributed by atoms with E-state index in [-0.39, 0.29) is 17.2 Å². The molecule has 1 aliphatic heterocycles. The highest BCUT2D eigenvalue weighted by Crippen LogP contribution is 2.34. The molecule has 3 nitrogen and oxygen atoms in total.